The Morgan fingerprint density at radius 1 is 1.71 bits per heavy atom. The van der Waals surface area contributed by atoms with Crippen molar-refractivity contribution < 1.29 is 9.90 Å². The summed E-state index contributed by atoms with van der Waals surface area (Å²) in [5.74, 6) is 0. The first-order chi connectivity index (χ1) is 6.50. The van der Waals surface area contributed by atoms with Crippen molar-refractivity contribution in [3.63, 3.8) is 0 Å². The number of hydrogen-bond donors (Lipinski definition) is 2. The van der Waals surface area contributed by atoms with Crippen molar-refractivity contribution in [2.24, 2.45) is 0 Å². The number of halogens is 1. The molecule has 2 N–H and O–H groups in total. The number of aryl methyl sites for hydroxylation is 1. The van der Waals surface area contributed by atoms with Gasteiger partial charge in [-0.15, -0.1) is 0 Å². The Bertz CT molecular complexity index is 355. The molecule has 76 valence electrons. The summed E-state index contributed by atoms with van der Waals surface area (Å²) in [5, 5.41) is 10.9. The van der Waals surface area contributed by atoms with Crippen molar-refractivity contribution in [3.05, 3.63) is 28.0 Å². The zero-order chi connectivity index (χ0) is 10.7. The van der Waals surface area contributed by atoms with Gasteiger partial charge in [-0.2, -0.15) is 0 Å². The van der Waals surface area contributed by atoms with Crippen molar-refractivity contribution in [1.82, 2.24) is 10.3 Å². The Hall–Kier alpha value is -1.10. The maximum Gasteiger partial charge on any atom is 0.405 e. The van der Waals surface area contributed by atoms with E-state index in [1.54, 1.807) is 13.1 Å². The monoisotopic (exact) mass is 258 g/mol. The van der Waals surface area contributed by atoms with E-state index in [-0.39, 0.29) is 6.04 Å². The molecule has 0 saturated heterocycles. The minimum Gasteiger partial charge on any atom is -0.465 e. The lowest BCUT2D eigenvalue weighted by molar-refractivity contribution is 0.190. The molecule has 1 aromatic heterocycles. The highest BCUT2D eigenvalue weighted by atomic mass is 79.9. The van der Waals surface area contributed by atoms with Gasteiger partial charge in [-0.05, 0) is 41.4 Å². The molecule has 1 heterocycles. The van der Waals surface area contributed by atoms with Crippen LogP contribution in [0.3, 0.4) is 0 Å². The van der Waals surface area contributed by atoms with E-state index in [1.807, 2.05) is 13.0 Å². The van der Waals surface area contributed by atoms with Gasteiger partial charge in [-0.25, -0.2) is 4.79 Å². The van der Waals surface area contributed by atoms with Gasteiger partial charge in [0, 0.05) is 10.7 Å². The van der Waals surface area contributed by atoms with Gasteiger partial charge in [0.05, 0.1) is 11.7 Å². The van der Waals surface area contributed by atoms with Gasteiger partial charge in [-0.1, -0.05) is 0 Å². The van der Waals surface area contributed by atoms with Crippen LogP contribution in [0.25, 0.3) is 0 Å². The van der Waals surface area contributed by atoms with Crippen molar-refractivity contribution in [1.29, 1.82) is 0 Å². The standard InChI is InChI=1S/C9H11BrN2O2/c1-5-3-8(11-4-7(5)10)6(2)12-9(13)14/h3-4,6,12H,1-2H3,(H,13,14). The molecule has 1 atom stereocenters. The van der Waals surface area contributed by atoms with Crippen LogP contribution >= 0.6 is 15.9 Å². The molecule has 5 heteroatoms. The third-order valence-corrected chi connectivity index (χ3v) is 2.68. The second kappa shape index (κ2) is 4.41. The quantitative estimate of drug-likeness (QED) is 0.857. The lowest BCUT2D eigenvalue weighted by Gasteiger charge is -2.11. The second-order valence-electron chi connectivity index (χ2n) is 3.03. The molecule has 0 aliphatic carbocycles. The summed E-state index contributed by atoms with van der Waals surface area (Å²) < 4.78 is 0.920. The normalized spacial score (nSPS) is 12.2. The van der Waals surface area contributed by atoms with Gasteiger partial charge in [0.2, 0.25) is 0 Å². The Morgan fingerprint density at radius 3 is 2.86 bits per heavy atom. The first-order valence-electron chi connectivity index (χ1n) is 4.12. The maximum atomic E-state index is 10.4. The molecular formula is C9H11BrN2O2. The second-order valence-corrected chi connectivity index (χ2v) is 3.88. The van der Waals surface area contributed by atoms with Crippen LogP contribution < -0.4 is 5.32 Å². The fourth-order valence-corrected chi connectivity index (χ4v) is 1.27. The molecule has 14 heavy (non-hydrogen) atoms. The number of pyridine rings is 1. The van der Waals surface area contributed by atoms with E-state index in [0.29, 0.717) is 5.69 Å². The Morgan fingerprint density at radius 2 is 2.36 bits per heavy atom. The summed E-state index contributed by atoms with van der Waals surface area (Å²) in [7, 11) is 0. The van der Waals surface area contributed by atoms with Gasteiger partial charge in [0.15, 0.2) is 0 Å². The summed E-state index contributed by atoms with van der Waals surface area (Å²) in [6.45, 7) is 3.69. The van der Waals surface area contributed by atoms with E-state index in [0.717, 1.165) is 10.0 Å². The average molecular weight is 259 g/mol. The topological polar surface area (TPSA) is 62.2 Å². The molecule has 0 saturated carbocycles. The summed E-state index contributed by atoms with van der Waals surface area (Å²) in [6, 6.07) is 1.56. The van der Waals surface area contributed by atoms with E-state index in [1.165, 1.54) is 0 Å². The predicted octanol–water partition coefficient (Wildman–Crippen LogP) is 2.48. The third-order valence-electron chi connectivity index (χ3n) is 1.85. The number of aromatic nitrogens is 1. The first-order valence-corrected chi connectivity index (χ1v) is 4.91. The Labute approximate surface area is 90.5 Å². The molecule has 0 bridgehead atoms. The number of hydrogen-bond acceptors (Lipinski definition) is 2. The third kappa shape index (κ3) is 2.70. The highest BCUT2D eigenvalue weighted by Gasteiger charge is 2.09. The highest BCUT2D eigenvalue weighted by Crippen LogP contribution is 2.18. The van der Waals surface area contributed by atoms with E-state index in [4.69, 9.17) is 5.11 Å². The SMILES string of the molecule is Cc1cc(C(C)NC(=O)O)ncc1Br. The summed E-state index contributed by atoms with van der Waals surface area (Å²) in [4.78, 5) is 14.5. The van der Waals surface area contributed by atoms with Crippen LogP contribution in [0.5, 0.6) is 0 Å². The molecule has 1 unspecified atom stereocenters. The number of amides is 1. The van der Waals surface area contributed by atoms with Crippen LogP contribution in [-0.4, -0.2) is 16.2 Å². The van der Waals surface area contributed by atoms with Gasteiger partial charge in [0.1, 0.15) is 0 Å². The van der Waals surface area contributed by atoms with Crippen molar-refractivity contribution in [2.75, 3.05) is 0 Å². The predicted molar refractivity (Wildman–Crippen MR) is 56.2 cm³/mol. The lowest BCUT2D eigenvalue weighted by Crippen LogP contribution is -2.25. The van der Waals surface area contributed by atoms with Crippen molar-refractivity contribution in [2.45, 2.75) is 19.9 Å². The molecule has 1 aromatic rings. The van der Waals surface area contributed by atoms with E-state index in [9.17, 15) is 4.79 Å². The zero-order valence-electron chi connectivity index (χ0n) is 7.91. The molecule has 0 aromatic carbocycles. The van der Waals surface area contributed by atoms with Gasteiger partial charge >= 0.3 is 6.09 Å². The molecule has 0 radical (unpaired) electrons. The van der Waals surface area contributed by atoms with Gasteiger partial charge in [-0.3, -0.25) is 4.98 Å². The van der Waals surface area contributed by atoms with Gasteiger partial charge in [0.25, 0.3) is 0 Å². The fraction of sp³-hybridized carbons (Fsp3) is 0.333. The van der Waals surface area contributed by atoms with Crippen LogP contribution in [0.15, 0.2) is 16.7 Å². The summed E-state index contributed by atoms with van der Waals surface area (Å²) >= 11 is 3.33. The largest absolute Gasteiger partial charge is 0.465 e. The van der Waals surface area contributed by atoms with Crippen LogP contribution in [0.2, 0.25) is 0 Å². The maximum absolute atomic E-state index is 10.4. The lowest BCUT2D eigenvalue weighted by atomic mass is 10.2. The number of rotatable bonds is 2. The van der Waals surface area contributed by atoms with Gasteiger partial charge < -0.3 is 10.4 Å². The number of nitrogens with zero attached hydrogens (tertiary/aromatic N) is 1. The van der Waals surface area contributed by atoms with Crippen molar-refractivity contribution in [3.8, 4) is 0 Å². The smallest absolute Gasteiger partial charge is 0.405 e. The highest BCUT2D eigenvalue weighted by molar-refractivity contribution is 9.10. The number of carbonyl (C=O) groups is 1. The van der Waals surface area contributed by atoms with E-state index in [2.05, 4.69) is 26.2 Å². The Balaban J connectivity index is 2.85. The van der Waals surface area contributed by atoms with Crippen LogP contribution in [0.1, 0.15) is 24.2 Å². The Kier molecular flexibility index (Phi) is 3.46. The number of carboxylic acid groups (broad SMARTS) is 1. The average Bonchev–Trinajstić information content (AvgIpc) is 2.08. The molecule has 4 nitrogen and oxygen atoms in total. The molecule has 0 fully saturated rings. The fourth-order valence-electron chi connectivity index (χ4n) is 1.06. The molecule has 0 aliphatic heterocycles. The molecular weight excluding hydrogens is 248 g/mol. The molecule has 1 amide bonds. The van der Waals surface area contributed by atoms with E-state index >= 15 is 0 Å². The summed E-state index contributed by atoms with van der Waals surface area (Å²) in [5.41, 5.74) is 1.75. The van der Waals surface area contributed by atoms with E-state index < -0.39 is 6.09 Å². The van der Waals surface area contributed by atoms with Crippen LogP contribution in [0.4, 0.5) is 4.79 Å². The van der Waals surface area contributed by atoms with Crippen molar-refractivity contribution >= 4 is 22.0 Å². The van der Waals surface area contributed by atoms with Crippen LogP contribution in [-0.2, 0) is 0 Å². The summed E-state index contributed by atoms with van der Waals surface area (Å²) in [6.07, 6.45) is 0.630. The molecule has 0 aliphatic rings. The minimum absolute atomic E-state index is 0.292. The zero-order valence-corrected chi connectivity index (χ0v) is 9.50. The first kappa shape index (κ1) is 11.0. The molecule has 0 spiro atoms. The minimum atomic E-state index is -1.04. The van der Waals surface area contributed by atoms with Crippen LogP contribution in [0, 0.1) is 6.92 Å². The number of nitrogens with one attached hydrogen (secondary N) is 1. The molecule has 1 rings (SSSR count).